The lowest BCUT2D eigenvalue weighted by atomic mass is 9.93. The molecule has 0 aliphatic carbocycles. The molecule has 1 saturated heterocycles. The summed E-state index contributed by atoms with van der Waals surface area (Å²) in [6.45, 7) is 1.46. The molecule has 1 aliphatic heterocycles. The van der Waals surface area contributed by atoms with Crippen molar-refractivity contribution in [3.05, 3.63) is 53.9 Å². The van der Waals surface area contributed by atoms with Gasteiger partial charge in [-0.15, -0.1) is 0 Å². The third kappa shape index (κ3) is 5.45. The van der Waals surface area contributed by atoms with Gasteiger partial charge in [0.05, 0.1) is 27.8 Å². The zero-order chi connectivity index (χ0) is 23.2. The van der Waals surface area contributed by atoms with E-state index in [-0.39, 0.29) is 5.91 Å². The predicted molar refractivity (Wildman–Crippen MR) is 123 cm³/mol. The van der Waals surface area contributed by atoms with Gasteiger partial charge in [0.2, 0.25) is 17.6 Å². The topological polar surface area (TPSA) is 86.9 Å². The molecule has 8 nitrogen and oxygen atoms in total. The Bertz CT molecular complexity index is 1070. The number of piperidine rings is 1. The van der Waals surface area contributed by atoms with Gasteiger partial charge < -0.3 is 23.6 Å². The van der Waals surface area contributed by atoms with Crippen LogP contribution in [0.5, 0.6) is 17.2 Å². The van der Waals surface area contributed by atoms with Crippen LogP contribution in [0.4, 0.5) is 0 Å². The number of nitrogens with zero attached hydrogens (tertiary/aromatic N) is 3. The fraction of sp³-hybridized carbons (Fsp3) is 0.400. The van der Waals surface area contributed by atoms with Crippen molar-refractivity contribution in [3.8, 4) is 28.6 Å². The first kappa shape index (κ1) is 22.6. The highest BCUT2D eigenvalue weighted by Gasteiger charge is 2.25. The van der Waals surface area contributed by atoms with Crippen molar-refractivity contribution in [1.82, 2.24) is 15.0 Å². The van der Waals surface area contributed by atoms with E-state index in [0.717, 1.165) is 49.2 Å². The third-order valence-electron chi connectivity index (χ3n) is 6.05. The van der Waals surface area contributed by atoms with Crippen molar-refractivity contribution in [3.63, 3.8) is 0 Å². The average molecular weight is 452 g/mol. The lowest BCUT2D eigenvalue weighted by molar-refractivity contribution is -0.131. The molecule has 0 radical (unpaired) electrons. The molecule has 33 heavy (non-hydrogen) atoms. The number of carbonyl (C=O) groups is 1. The Morgan fingerprint density at radius 3 is 2.39 bits per heavy atom. The second-order valence-electron chi connectivity index (χ2n) is 8.13. The first-order chi connectivity index (χ1) is 16.1. The summed E-state index contributed by atoms with van der Waals surface area (Å²) in [5.41, 5.74) is 1.80. The van der Waals surface area contributed by atoms with Gasteiger partial charge in [0.25, 0.3) is 0 Å². The van der Waals surface area contributed by atoms with E-state index in [2.05, 4.69) is 10.1 Å². The van der Waals surface area contributed by atoms with Crippen LogP contribution in [-0.2, 0) is 17.6 Å². The summed E-state index contributed by atoms with van der Waals surface area (Å²) < 4.78 is 21.3. The van der Waals surface area contributed by atoms with Crippen LogP contribution < -0.4 is 14.2 Å². The van der Waals surface area contributed by atoms with E-state index in [1.807, 2.05) is 47.4 Å². The van der Waals surface area contributed by atoms with Crippen molar-refractivity contribution in [2.24, 2.45) is 5.92 Å². The molecule has 2 heterocycles. The minimum absolute atomic E-state index is 0.125. The van der Waals surface area contributed by atoms with Gasteiger partial charge in [-0.3, -0.25) is 4.79 Å². The first-order valence-corrected chi connectivity index (χ1v) is 11.0. The molecule has 0 atom stereocenters. The minimum atomic E-state index is 0.125. The molecule has 1 fully saturated rings. The lowest BCUT2D eigenvalue weighted by Crippen LogP contribution is -2.39. The molecule has 1 amide bonds. The molecule has 8 heteroatoms. The van der Waals surface area contributed by atoms with Crippen LogP contribution in [0.2, 0.25) is 0 Å². The van der Waals surface area contributed by atoms with Crippen molar-refractivity contribution in [2.45, 2.75) is 25.7 Å². The van der Waals surface area contributed by atoms with Gasteiger partial charge in [0, 0.05) is 25.1 Å². The Hall–Kier alpha value is -3.55. The number of likely N-dealkylation sites (tertiary alicyclic amines) is 1. The van der Waals surface area contributed by atoms with Gasteiger partial charge in [-0.05, 0) is 60.7 Å². The van der Waals surface area contributed by atoms with E-state index in [4.69, 9.17) is 18.7 Å². The third-order valence-corrected chi connectivity index (χ3v) is 6.05. The summed E-state index contributed by atoms with van der Waals surface area (Å²) >= 11 is 0. The maximum Gasteiger partial charge on any atom is 0.227 e. The Morgan fingerprint density at radius 2 is 1.73 bits per heavy atom. The number of rotatable bonds is 8. The first-order valence-electron chi connectivity index (χ1n) is 11.0. The molecule has 3 aromatic rings. The summed E-state index contributed by atoms with van der Waals surface area (Å²) in [6.07, 6.45) is 2.90. The molecular weight excluding hydrogens is 422 g/mol. The zero-order valence-electron chi connectivity index (χ0n) is 19.2. The number of aromatic nitrogens is 2. The molecule has 1 aliphatic rings. The number of ether oxygens (including phenoxy) is 3. The summed E-state index contributed by atoms with van der Waals surface area (Å²) in [5.74, 6) is 3.83. The summed E-state index contributed by atoms with van der Waals surface area (Å²) in [5, 5.41) is 4.11. The second-order valence-corrected chi connectivity index (χ2v) is 8.13. The normalized spacial score (nSPS) is 14.2. The summed E-state index contributed by atoms with van der Waals surface area (Å²) in [6, 6.07) is 13.2. The van der Waals surface area contributed by atoms with Crippen LogP contribution in [0, 0.1) is 5.92 Å². The molecule has 1 aromatic heterocycles. The number of amides is 1. The van der Waals surface area contributed by atoms with E-state index in [0.29, 0.717) is 35.6 Å². The molecule has 0 bridgehead atoms. The van der Waals surface area contributed by atoms with E-state index in [9.17, 15) is 4.79 Å². The summed E-state index contributed by atoms with van der Waals surface area (Å²) in [7, 11) is 4.83. The maximum atomic E-state index is 12.8. The van der Waals surface area contributed by atoms with Gasteiger partial charge >= 0.3 is 0 Å². The highest BCUT2D eigenvalue weighted by Crippen LogP contribution is 2.28. The number of hydrogen-bond acceptors (Lipinski definition) is 7. The highest BCUT2D eigenvalue weighted by atomic mass is 16.5. The fourth-order valence-corrected chi connectivity index (χ4v) is 4.11. The molecule has 2 aromatic carbocycles. The van der Waals surface area contributed by atoms with Crippen molar-refractivity contribution < 1.29 is 23.5 Å². The Balaban J connectivity index is 1.28. The second kappa shape index (κ2) is 10.4. The van der Waals surface area contributed by atoms with Gasteiger partial charge in [-0.1, -0.05) is 11.2 Å². The molecule has 0 saturated carbocycles. The van der Waals surface area contributed by atoms with E-state index in [1.165, 1.54) is 0 Å². The van der Waals surface area contributed by atoms with Crippen molar-refractivity contribution in [2.75, 3.05) is 34.4 Å². The predicted octanol–water partition coefficient (Wildman–Crippen LogP) is 3.79. The minimum Gasteiger partial charge on any atom is -0.497 e. The standard InChI is InChI=1S/C25H29N3O5/c1-30-20-7-5-19(6-8-20)25-26-23(33-27-25)15-17-10-12-28(13-11-17)24(29)16-18-4-9-21(31-2)22(14-18)32-3/h4-9,14,17H,10-13,15-16H2,1-3H3. The van der Waals surface area contributed by atoms with Gasteiger partial charge in [0.1, 0.15) is 5.75 Å². The van der Waals surface area contributed by atoms with Crippen LogP contribution >= 0.6 is 0 Å². The van der Waals surface area contributed by atoms with E-state index in [1.54, 1.807) is 21.3 Å². The number of methoxy groups -OCH3 is 3. The Kier molecular flexibility index (Phi) is 7.12. The number of hydrogen-bond donors (Lipinski definition) is 0. The smallest absolute Gasteiger partial charge is 0.227 e. The highest BCUT2D eigenvalue weighted by molar-refractivity contribution is 5.79. The van der Waals surface area contributed by atoms with Crippen LogP contribution in [0.15, 0.2) is 47.0 Å². The Morgan fingerprint density at radius 1 is 1.00 bits per heavy atom. The largest absolute Gasteiger partial charge is 0.497 e. The monoisotopic (exact) mass is 451 g/mol. The van der Waals surface area contributed by atoms with Crippen LogP contribution in [0.25, 0.3) is 11.4 Å². The summed E-state index contributed by atoms with van der Waals surface area (Å²) in [4.78, 5) is 19.3. The molecule has 4 rings (SSSR count). The lowest BCUT2D eigenvalue weighted by Gasteiger charge is -2.31. The number of benzene rings is 2. The molecule has 174 valence electrons. The van der Waals surface area contributed by atoms with Crippen molar-refractivity contribution in [1.29, 1.82) is 0 Å². The van der Waals surface area contributed by atoms with Gasteiger partial charge in [-0.2, -0.15) is 4.98 Å². The molecule has 0 unspecified atom stereocenters. The van der Waals surface area contributed by atoms with E-state index < -0.39 is 0 Å². The fourth-order valence-electron chi connectivity index (χ4n) is 4.11. The van der Waals surface area contributed by atoms with Crippen molar-refractivity contribution >= 4 is 5.91 Å². The molecule has 0 spiro atoms. The number of carbonyl (C=O) groups excluding carboxylic acids is 1. The molecular formula is C25H29N3O5. The van der Waals surface area contributed by atoms with Crippen LogP contribution in [0.1, 0.15) is 24.3 Å². The Labute approximate surface area is 193 Å². The maximum absolute atomic E-state index is 12.8. The van der Waals surface area contributed by atoms with Crippen LogP contribution in [-0.4, -0.2) is 55.4 Å². The molecule has 0 N–H and O–H groups in total. The average Bonchev–Trinajstić information content (AvgIpc) is 3.32. The van der Waals surface area contributed by atoms with Crippen LogP contribution in [0.3, 0.4) is 0 Å². The van der Waals surface area contributed by atoms with Gasteiger partial charge in [0.15, 0.2) is 11.5 Å². The SMILES string of the molecule is COc1ccc(-c2noc(CC3CCN(C(=O)Cc4ccc(OC)c(OC)c4)CC3)n2)cc1. The van der Waals surface area contributed by atoms with Gasteiger partial charge in [-0.25, -0.2) is 0 Å². The zero-order valence-corrected chi connectivity index (χ0v) is 19.2. The van der Waals surface area contributed by atoms with E-state index >= 15 is 0 Å². The quantitative estimate of drug-likeness (QED) is 0.515.